The minimum atomic E-state index is -0.0869. The number of oxazole rings is 1. The molecule has 0 amide bonds. The van der Waals surface area contributed by atoms with Gasteiger partial charge in [0.2, 0.25) is 5.89 Å². The molecule has 0 bridgehead atoms. The van der Waals surface area contributed by atoms with Crippen LogP contribution in [0.15, 0.2) is 83.5 Å². The van der Waals surface area contributed by atoms with Gasteiger partial charge in [0.25, 0.3) is 0 Å². The van der Waals surface area contributed by atoms with E-state index in [-0.39, 0.29) is 11.8 Å². The summed E-state index contributed by atoms with van der Waals surface area (Å²) in [4.78, 5) is 16.7. The molecule has 0 radical (unpaired) electrons. The highest BCUT2D eigenvalue weighted by Gasteiger charge is 2.15. The summed E-state index contributed by atoms with van der Waals surface area (Å²) in [5.41, 5.74) is 4.65. The highest BCUT2D eigenvalue weighted by molar-refractivity contribution is 5.80. The first-order valence-corrected chi connectivity index (χ1v) is 11.3. The van der Waals surface area contributed by atoms with E-state index in [1.54, 1.807) is 6.92 Å². The second kappa shape index (κ2) is 10.3. The monoisotopic (exact) mass is 426 g/mol. The third-order valence-electron chi connectivity index (χ3n) is 5.98. The molecular weight excluding hydrogens is 396 g/mol. The molecule has 2 aromatic carbocycles. The zero-order valence-electron chi connectivity index (χ0n) is 18.8. The van der Waals surface area contributed by atoms with Crippen molar-refractivity contribution in [3.63, 3.8) is 0 Å². The van der Waals surface area contributed by atoms with Gasteiger partial charge >= 0.3 is 0 Å². The minimum Gasteiger partial charge on any atom is -0.441 e. The molecule has 0 aliphatic carbocycles. The molecule has 2 aromatic heterocycles. The highest BCUT2D eigenvalue weighted by Crippen LogP contribution is 2.23. The van der Waals surface area contributed by atoms with Gasteiger partial charge in [-0.15, -0.1) is 0 Å². The second-order valence-corrected chi connectivity index (χ2v) is 8.35. The summed E-state index contributed by atoms with van der Waals surface area (Å²) < 4.78 is 7.88. The molecule has 0 spiro atoms. The third-order valence-corrected chi connectivity index (χ3v) is 5.98. The summed E-state index contributed by atoms with van der Waals surface area (Å²) in [5.74, 6) is 1.81. The van der Waals surface area contributed by atoms with Gasteiger partial charge in [0.1, 0.15) is 5.76 Å². The number of ketones is 1. The Bertz CT molecular complexity index is 1130. The highest BCUT2D eigenvalue weighted by atomic mass is 16.4. The van der Waals surface area contributed by atoms with Gasteiger partial charge in [0.15, 0.2) is 5.78 Å². The smallest absolute Gasteiger partial charge is 0.226 e. The van der Waals surface area contributed by atoms with Gasteiger partial charge in [-0.25, -0.2) is 4.98 Å². The molecule has 0 aliphatic rings. The maximum atomic E-state index is 12.0. The van der Waals surface area contributed by atoms with Crippen molar-refractivity contribution in [2.75, 3.05) is 0 Å². The molecule has 4 aromatic rings. The average Bonchev–Trinajstić information content (AvgIpc) is 3.46. The van der Waals surface area contributed by atoms with E-state index in [1.807, 2.05) is 66.3 Å². The number of hydrogen-bond donors (Lipinski definition) is 0. The van der Waals surface area contributed by atoms with Gasteiger partial charge in [-0.3, -0.25) is 4.79 Å². The number of aromatic nitrogens is 2. The van der Waals surface area contributed by atoms with E-state index in [0.29, 0.717) is 5.89 Å². The lowest BCUT2D eigenvalue weighted by molar-refractivity contribution is -0.120. The maximum absolute atomic E-state index is 12.0. The number of carbonyl (C=O) groups excluding carboxylic acids is 1. The van der Waals surface area contributed by atoms with Crippen LogP contribution in [0.5, 0.6) is 0 Å². The first-order valence-electron chi connectivity index (χ1n) is 11.3. The molecule has 0 saturated heterocycles. The van der Waals surface area contributed by atoms with Crippen molar-refractivity contribution in [3.8, 4) is 11.5 Å². The fourth-order valence-corrected chi connectivity index (χ4v) is 4.12. The molecule has 2 heterocycles. The number of hydrogen-bond acceptors (Lipinski definition) is 3. The number of rotatable bonds is 10. The van der Waals surface area contributed by atoms with Crippen LogP contribution in [0.4, 0.5) is 0 Å². The van der Waals surface area contributed by atoms with Crippen molar-refractivity contribution in [1.82, 2.24) is 9.55 Å². The zero-order valence-corrected chi connectivity index (χ0v) is 18.8. The van der Waals surface area contributed by atoms with E-state index in [9.17, 15) is 4.79 Å². The summed E-state index contributed by atoms with van der Waals surface area (Å²) >= 11 is 0. The van der Waals surface area contributed by atoms with Crippen molar-refractivity contribution in [3.05, 3.63) is 102 Å². The van der Waals surface area contributed by atoms with Gasteiger partial charge in [-0.05, 0) is 81.3 Å². The number of aryl methyl sites for hydroxylation is 4. The van der Waals surface area contributed by atoms with Crippen molar-refractivity contribution in [2.24, 2.45) is 0 Å². The molecule has 0 aliphatic heterocycles. The Kier molecular flexibility index (Phi) is 7.00. The van der Waals surface area contributed by atoms with E-state index in [4.69, 9.17) is 9.40 Å². The lowest BCUT2D eigenvalue weighted by Crippen LogP contribution is -2.16. The predicted octanol–water partition coefficient (Wildman–Crippen LogP) is 6.39. The van der Waals surface area contributed by atoms with Crippen LogP contribution in [0, 0.1) is 6.92 Å². The molecule has 0 unspecified atom stereocenters. The summed E-state index contributed by atoms with van der Waals surface area (Å²) in [6.45, 7) is 3.67. The van der Waals surface area contributed by atoms with Crippen LogP contribution in [0.2, 0.25) is 0 Å². The lowest BCUT2D eigenvalue weighted by atomic mass is 10.00. The molecule has 4 heteroatoms. The van der Waals surface area contributed by atoms with Gasteiger partial charge in [0, 0.05) is 18.0 Å². The van der Waals surface area contributed by atoms with Crippen molar-refractivity contribution in [2.45, 2.75) is 52.0 Å². The van der Waals surface area contributed by atoms with Crippen molar-refractivity contribution >= 4 is 5.78 Å². The Balaban J connectivity index is 1.28. The molecule has 4 rings (SSSR count). The number of nitrogens with zero attached hydrogens (tertiary/aromatic N) is 2. The van der Waals surface area contributed by atoms with E-state index in [0.717, 1.165) is 49.1 Å². The van der Waals surface area contributed by atoms with Crippen LogP contribution in [-0.2, 0) is 24.1 Å². The van der Waals surface area contributed by atoms with E-state index < -0.39 is 0 Å². The van der Waals surface area contributed by atoms with Crippen LogP contribution >= 0.6 is 0 Å². The molecule has 164 valence electrons. The molecule has 4 nitrogen and oxygen atoms in total. The van der Waals surface area contributed by atoms with Crippen LogP contribution in [-0.4, -0.2) is 15.3 Å². The van der Waals surface area contributed by atoms with Crippen LogP contribution in [0.3, 0.4) is 0 Å². The van der Waals surface area contributed by atoms with E-state index in [2.05, 4.69) is 24.3 Å². The molecule has 32 heavy (non-hydrogen) atoms. The zero-order chi connectivity index (χ0) is 22.3. The second-order valence-electron chi connectivity index (χ2n) is 8.35. The maximum Gasteiger partial charge on any atom is 0.226 e. The Labute approximate surface area is 189 Å². The Morgan fingerprint density at radius 1 is 0.906 bits per heavy atom. The number of Topliss-reactive ketones (excluding diaryl/α,β-unsaturated/α-hetero) is 1. The summed E-state index contributed by atoms with van der Waals surface area (Å²) in [6, 6.07) is 22.7. The summed E-state index contributed by atoms with van der Waals surface area (Å²) in [7, 11) is 0. The SMILES string of the molecule is CC(=O)[C@H](CCc1ccc(CCCc2nc(-c3ccccc3)oc2C)cc1)n1cccc1. The Morgan fingerprint density at radius 3 is 2.22 bits per heavy atom. The number of carbonyl (C=O) groups is 1. The fourth-order valence-electron chi connectivity index (χ4n) is 4.12. The van der Waals surface area contributed by atoms with Gasteiger partial charge in [-0.2, -0.15) is 0 Å². The normalized spacial score (nSPS) is 12.1. The summed E-state index contributed by atoms with van der Waals surface area (Å²) in [5, 5.41) is 0. The Hall–Kier alpha value is -3.40. The molecular formula is C28H30N2O2. The summed E-state index contributed by atoms with van der Waals surface area (Å²) in [6.07, 6.45) is 8.58. The van der Waals surface area contributed by atoms with Gasteiger partial charge in [-0.1, -0.05) is 42.5 Å². The molecule has 0 saturated carbocycles. The topological polar surface area (TPSA) is 48.0 Å². The van der Waals surface area contributed by atoms with Crippen LogP contribution < -0.4 is 0 Å². The quantitative estimate of drug-likeness (QED) is 0.295. The molecule has 0 N–H and O–H groups in total. The van der Waals surface area contributed by atoms with Crippen molar-refractivity contribution < 1.29 is 9.21 Å². The van der Waals surface area contributed by atoms with Crippen LogP contribution in [0.1, 0.15) is 48.4 Å². The van der Waals surface area contributed by atoms with E-state index in [1.165, 1.54) is 11.1 Å². The van der Waals surface area contributed by atoms with Gasteiger partial charge < -0.3 is 8.98 Å². The predicted molar refractivity (Wildman–Crippen MR) is 128 cm³/mol. The minimum absolute atomic E-state index is 0.0869. The van der Waals surface area contributed by atoms with Gasteiger partial charge in [0.05, 0.1) is 11.7 Å². The lowest BCUT2D eigenvalue weighted by Gasteiger charge is -2.16. The third kappa shape index (κ3) is 5.44. The molecule has 1 atom stereocenters. The number of benzene rings is 2. The average molecular weight is 427 g/mol. The molecule has 0 fully saturated rings. The fraction of sp³-hybridized carbons (Fsp3) is 0.286. The van der Waals surface area contributed by atoms with Crippen molar-refractivity contribution in [1.29, 1.82) is 0 Å². The first-order chi connectivity index (χ1) is 15.6. The van der Waals surface area contributed by atoms with E-state index >= 15 is 0 Å². The first kappa shape index (κ1) is 21.8. The standard InChI is InChI=1S/C28H30N2O2/c1-21(31)27(30-19-6-7-20-30)18-17-24-15-13-23(14-16-24)9-8-12-26-22(2)32-28(29-26)25-10-4-3-5-11-25/h3-7,10-11,13-16,19-20,27H,8-9,12,17-18H2,1-2H3/t27-/m0/s1. The Morgan fingerprint density at radius 2 is 1.56 bits per heavy atom. The van der Waals surface area contributed by atoms with Crippen LogP contribution in [0.25, 0.3) is 11.5 Å². The largest absolute Gasteiger partial charge is 0.441 e.